The van der Waals surface area contributed by atoms with Crippen LogP contribution in [0.1, 0.15) is 11.3 Å². The van der Waals surface area contributed by atoms with E-state index >= 15 is 0 Å². The fraction of sp³-hybridized carbons (Fsp3) is 0.286. The van der Waals surface area contributed by atoms with E-state index in [1.54, 1.807) is 27.3 Å². The number of nitrogens with zero attached hydrogens (tertiary/aromatic N) is 4. The first-order valence-electron chi connectivity index (χ1n) is 6.80. The van der Waals surface area contributed by atoms with Gasteiger partial charge in [0.1, 0.15) is 5.69 Å². The first kappa shape index (κ1) is 15.2. The van der Waals surface area contributed by atoms with Gasteiger partial charge in [-0.3, -0.25) is 9.36 Å². The average molecular weight is 333 g/mol. The van der Waals surface area contributed by atoms with Gasteiger partial charge in [0, 0.05) is 19.0 Å². The third kappa shape index (κ3) is 2.48. The number of aryl methyl sites for hydroxylation is 1. The Morgan fingerprint density at radius 2 is 2.09 bits per heavy atom. The topological polar surface area (TPSA) is 86.4 Å². The minimum atomic E-state index is -0.239. The summed E-state index contributed by atoms with van der Waals surface area (Å²) in [4.78, 5) is 12.5. The molecule has 8 nitrogen and oxygen atoms in total. The number of aromatic amines is 1. The summed E-state index contributed by atoms with van der Waals surface area (Å²) in [5, 5.41) is 10.9. The molecule has 120 valence electrons. The Balaban J connectivity index is 2.16. The van der Waals surface area contributed by atoms with Crippen LogP contribution in [0.4, 0.5) is 0 Å². The van der Waals surface area contributed by atoms with Gasteiger partial charge in [-0.1, -0.05) is 12.1 Å². The molecule has 2 aromatic heterocycles. The molecular formula is C14H15N5O3S. The van der Waals surface area contributed by atoms with Gasteiger partial charge in [-0.05, 0) is 18.3 Å². The predicted molar refractivity (Wildman–Crippen MR) is 85.8 cm³/mol. The summed E-state index contributed by atoms with van der Waals surface area (Å²) < 4.78 is 13.8. The summed E-state index contributed by atoms with van der Waals surface area (Å²) in [6.45, 7) is 0. The van der Waals surface area contributed by atoms with Crippen molar-refractivity contribution in [3.05, 3.63) is 44.6 Å². The second-order valence-electron chi connectivity index (χ2n) is 4.88. The molecule has 0 saturated heterocycles. The van der Waals surface area contributed by atoms with Crippen LogP contribution in [0.3, 0.4) is 0 Å². The smallest absolute Gasteiger partial charge is 0.276 e. The SMILES string of the molecule is COc1cccc(Cc2nn3c(=S)[nH]nc3n(C)c2=O)c1OC. The molecule has 0 aliphatic carbocycles. The molecular weight excluding hydrogens is 318 g/mol. The quantitative estimate of drug-likeness (QED) is 0.720. The van der Waals surface area contributed by atoms with E-state index in [1.807, 2.05) is 12.1 Å². The number of aromatic nitrogens is 5. The number of H-pyrrole nitrogens is 1. The lowest BCUT2D eigenvalue weighted by Gasteiger charge is -2.12. The van der Waals surface area contributed by atoms with E-state index in [-0.39, 0.29) is 12.0 Å². The van der Waals surface area contributed by atoms with Crippen molar-refractivity contribution in [3.63, 3.8) is 0 Å². The zero-order valence-electron chi connectivity index (χ0n) is 12.9. The van der Waals surface area contributed by atoms with Crippen molar-refractivity contribution in [3.8, 4) is 11.5 Å². The largest absolute Gasteiger partial charge is 0.493 e. The van der Waals surface area contributed by atoms with E-state index < -0.39 is 0 Å². The molecule has 23 heavy (non-hydrogen) atoms. The molecule has 0 aliphatic rings. The van der Waals surface area contributed by atoms with Gasteiger partial charge in [0.15, 0.2) is 11.5 Å². The number of nitrogens with one attached hydrogen (secondary N) is 1. The Kier molecular flexibility index (Phi) is 3.87. The van der Waals surface area contributed by atoms with E-state index in [0.717, 1.165) is 5.56 Å². The summed E-state index contributed by atoms with van der Waals surface area (Å²) >= 11 is 5.12. The highest BCUT2D eigenvalue weighted by atomic mass is 32.1. The number of ether oxygens (including phenoxy) is 2. The molecule has 0 spiro atoms. The van der Waals surface area contributed by atoms with Crippen LogP contribution in [0, 0.1) is 4.77 Å². The van der Waals surface area contributed by atoms with Crippen LogP contribution in [-0.4, -0.2) is 38.6 Å². The molecule has 3 aromatic rings. The van der Waals surface area contributed by atoms with Crippen molar-refractivity contribution in [1.82, 2.24) is 24.4 Å². The Morgan fingerprint density at radius 1 is 1.30 bits per heavy atom. The van der Waals surface area contributed by atoms with E-state index in [0.29, 0.717) is 27.7 Å². The molecule has 9 heteroatoms. The number of hydrogen-bond donors (Lipinski definition) is 1. The van der Waals surface area contributed by atoms with Gasteiger partial charge in [-0.15, -0.1) is 5.10 Å². The summed E-state index contributed by atoms with van der Waals surface area (Å²) in [7, 11) is 4.75. The fourth-order valence-corrected chi connectivity index (χ4v) is 2.59. The van der Waals surface area contributed by atoms with Crippen LogP contribution in [0.15, 0.2) is 23.0 Å². The maximum absolute atomic E-state index is 12.5. The van der Waals surface area contributed by atoms with Crippen LogP contribution in [0.2, 0.25) is 0 Å². The summed E-state index contributed by atoms with van der Waals surface area (Å²) in [5.41, 5.74) is 0.895. The molecule has 2 heterocycles. The Labute approximate surface area is 136 Å². The number of hydrogen-bond acceptors (Lipinski definition) is 6. The second kappa shape index (κ2) is 5.84. The molecule has 0 aliphatic heterocycles. The lowest BCUT2D eigenvalue weighted by Crippen LogP contribution is -2.26. The Hall–Kier alpha value is -2.68. The van der Waals surface area contributed by atoms with Gasteiger partial charge in [0.25, 0.3) is 11.3 Å². The van der Waals surface area contributed by atoms with Gasteiger partial charge in [-0.25, -0.2) is 5.10 Å². The zero-order valence-corrected chi connectivity index (χ0v) is 13.7. The van der Waals surface area contributed by atoms with E-state index in [4.69, 9.17) is 21.7 Å². The predicted octanol–water partition coefficient (Wildman–Crippen LogP) is 1.09. The van der Waals surface area contributed by atoms with Gasteiger partial charge >= 0.3 is 0 Å². The molecule has 3 rings (SSSR count). The lowest BCUT2D eigenvalue weighted by molar-refractivity contribution is 0.352. The number of para-hydroxylation sites is 1. The first-order valence-corrected chi connectivity index (χ1v) is 7.20. The minimum Gasteiger partial charge on any atom is -0.493 e. The monoisotopic (exact) mass is 333 g/mol. The molecule has 0 bridgehead atoms. The minimum absolute atomic E-state index is 0.239. The molecule has 1 N–H and O–H groups in total. The van der Waals surface area contributed by atoms with Crippen molar-refractivity contribution < 1.29 is 9.47 Å². The van der Waals surface area contributed by atoms with Gasteiger partial charge in [-0.2, -0.15) is 9.61 Å². The summed E-state index contributed by atoms with van der Waals surface area (Å²) in [6.07, 6.45) is 0.288. The van der Waals surface area contributed by atoms with E-state index in [9.17, 15) is 4.79 Å². The zero-order chi connectivity index (χ0) is 16.6. The van der Waals surface area contributed by atoms with Gasteiger partial charge in [0.05, 0.1) is 14.2 Å². The van der Waals surface area contributed by atoms with Crippen LogP contribution < -0.4 is 15.0 Å². The number of rotatable bonds is 4. The average Bonchev–Trinajstić information content (AvgIpc) is 2.93. The Bertz CT molecular complexity index is 988. The molecule has 0 atom stereocenters. The summed E-state index contributed by atoms with van der Waals surface area (Å²) in [6, 6.07) is 5.49. The molecule has 0 radical (unpaired) electrons. The van der Waals surface area contributed by atoms with Crippen molar-refractivity contribution in [2.45, 2.75) is 6.42 Å². The highest BCUT2D eigenvalue weighted by Gasteiger charge is 2.15. The lowest BCUT2D eigenvalue weighted by atomic mass is 10.1. The third-order valence-electron chi connectivity index (χ3n) is 3.55. The highest BCUT2D eigenvalue weighted by molar-refractivity contribution is 7.71. The van der Waals surface area contributed by atoms with Crippen molar-refractivity contribution in [1.29, 1.82) is 0 Å². The maximum Gasteiger partial charge on any atom is 0.276 e. The number of benzene rings is 1. The second-order valence-corrected chi connectivity index (χ2v) is 5.27. The molecule has 0 fully saturated rings. The summed E-state index contributed by atoms with van der Waals surface area (Å²) in [5.74, 6) is 1.54. The molecule has 1 aromatic carbocycles. The van der Waals surface area contributed by atoms with E-state index in [1.165, 1.54) is 9.08 Å². The number of methoxy groups -OCH3 is 2. The van der Waals surface area contributed by atoms with Crippen LogP contribution in [0.25, 0.3) is 5.78 Å². The first-order chi connectivity index (χ1) is 11.1. The van der Waals surface area contributed by atoms with Crippen LogP contribution in [-0.2, 0) is 13.5 Å². The number of fused-ring (bicyclic) bond motifs is 1. The van der Waals surface area contributed by atoms with Crippen molar-refractivity contribution in [2.75, 3.05) is 14.2 Å². The van der Waals surface area contributed by atoms with Crippen LogP contribution >= 0.6 is 12.2 Å². The Morgan fingerprint density at radius 3 is 2.78 bits per heavy atom. The molecule has 0 unspecified atom stereocenters. The third-order valence-corrected chi connectivity index (χ3v) is 3.81. The highest BCUT2D eigenvalue weighted by Crippen LogP contribution is 2.31. The van der Waals surface area contributed by atoms with Crippen molar-refractivity contribution >= 4 is 18.0 Å². The van der Waals surface area contributed by atoms with Crippen LogP contribution in [0.5, 0.6) is 11.5 Å². The van der Waals surface area contributed by atoms with E-state index in [2.05, 4.69) is 15.3 Å². The fourth-order valence-electron chi connectivity index (χ4n) is 2.42. The van der Waals surface area contributed by atoms with Gasteiger partial charge < -0.3 is 9.47 Å². The molecule has 0 saturated carbocycles. The maximum atomic E-state index is 12.5. The van der Waals surface area contributed by atoms with Gasteiger partial charge in [0.2, 0.25) is 4.77 Å². The van der Waals surface area contributed by atoms with Crippen molar-refractivity contribution in [2.24, 2.45) is 7.05 Å². The molecule has 0 amide bonds. The normalized spacial score (nSPS) is 10.9. The standard InChI is InChI=1S/C14H15N5O3S/c1-18-12(20)9(17-19-13(18)15-16-14(19)23)7-8-5-4-6-10(21-2)11(8)22-3/h4-6H,7H2,1-3H3,(H,16,23).